The monoisotopic (exact) mass is 542 g/mol. The first-order chi connectivity index (χ1) is 18.0. The molecule has 198 valence electrons. The van der Waals surface area contributed by atoms with Crippen molar-refractivity contribution in [3.05, 3.63) is 77.2 Å². The molecule has 1 aliphatic carbocycles. The predicted octanol–water partition coefficient (Wildman–Crippen LogP) is 7.40. The van der Waals surface area contributed by atoms with Crippen LogP contribution in [0.1, 0.15) is 42.1 Å². The van der Waals surface area contributed by atoms with Crippen LogP contribution >= 0.6 is 11.6 Å². The van der Waals surface area contributed by atoms with Gasteiger partial charge in [0, 0.05) is 35.1 Å². The average molecular weight is 543 g/mol. The van der Waals surface area contributed by atoms with E-state index in [1.165, 1.54) is 0 Å². The molecule has 10 heteroatoms. The molecule has 0 spiro atoms. The number of anilines is 1. The van der Waals surface area contributed by atoms with Crippen molar-refractivity contribution in [3.63, 3.8) is 0 Å². The second-order valence-electron chi connectivity index (χ2n) is 9.80. The molecule has 0 radical (unpaired) electrons. The van der Waals surface area contributed by atoms with Crippen LogP contribution in [0.5, 0.6) is 11.5 Å². The molecule has 4 aromatic rings. The molecular formula is C28H26ClF3N4O2. The van der Waals surface area contributed by atoms with Crippen LogP contribution in [0.25, 0.3) is 16.8 Å². The molecule has 2 aromatic carbocycles. The van der Waals surface area contributed by atoms with Gasteiger partial charge in [-0.05, 0) is 62.1 Å². The summed E-state index contributed by atoms with van der Waals surface area (Å²) in [6.45, 7) is 3.49. The van der Waals surface area contributed by atoms with Crippen LogP contribution < -0.4 is 15.4 Å². The van der Waals surface area contributed by atoms with Crippen LogP contribution in [-0.4, -0.2) is 33.6 Å². The Bertz CT molecular complexity index is 1510. The minimum Gasteiger partial charge on any atom is -0.455 e. The molecule has 0 bridgehead atoms. The lowest BCUT2D eigenvalue weighted by atomic mass is 9.97. The topological polar surface area (TPSA) is 67.7 Å². The normalized spacial score (nSPS) is 14.4. The minimum absolute atomic E-state index is 0.156. The highest BCUT2D eigenvalue weighted by Gasteiger charge is 2.39. The van der Waals surface area contributed by atoms with E-state index in [4.69, 9.17) is 16.3 Å². The molecule has 0 aliphatic heterocycles. The summed E-state index contributed by atoms with van der Waals surface area (Å²) in [6.07, 6.45) is 1.52. The van der Waals surface area contributed by atoms with Crippen molar-refractivity contribution in [2.24, 2.45) is 0 Å². The Morgan fingerprint density at radius 1 is 1.21 bits per heavy atom. The van der Waals surface area contributed by atoms with Gasteiger partial charge in [-0.2, -0.15) is 13.2 Å². The Morgan fingerprint density at radius 2 is 2.00 bits per heavy atom. The number of hydrogen-bond acceptors (Lipinski definition) is 4. The van der Waals surface area contributed by atoms with Gasteiger partial charge >= 0.3 is 6.18 Å². The number of halogens is 4. The quantitative estimate of drug-likeness (QED) is 0.243. The first-order valence-corrected chi connectivity index (χ1v) is 12.6. The van der Waals surface area contributed by atoms with E-state index in [0.717, 1.165) is 18.4 Å². The van der Waals surface area contributed by atoms with E-state index in [0.29, 0.717) is 44.5 Å². The van der Waals surface area contributed by atoms with E-state index in [1.807, 2.05) is 19.9 Å². The Balaban J connectivity index is 1.61. The number of alkyl halides is 3. The molecule has 0 saturated heterocycles. The van der Waals surface area contributed by atoms with Gasteiger partial charge in [0.15, 0.2) is 11.4 Å². The van der Waals surface area contributed by atoms with Gasteiger partial charge in [0.2, 0.25) is 0 Å². The van der Waals surface area contributed by atoms with Crippen molar-refractivity contribution < 1.29 is 22.7 Å². The number of nitrogens with one attached hydrogen (secondary N) is 2. The Hall–Kier alpha value is -3.72. The Labute approximate surface area is 222 Å². The van der Waals surface area contributed by atoms with E-state index >= 15 is 0 Å². The van der Waals surface area contributed by atoms with E-state index in [2.05, 4.69) is 15.6 Å². The molecule has 6 nitrogen and oxygen atoms in total. The molecule has 2 heterocycles. The van der Waals surface area contributed by atoms with E-state index in [1.54, 1.807) is 59.4 Å². The van der Waals surface area contributed by atoms with Crippen molar-refractivity contribution >= 4 is 28.8 Å². The zero-order valence-electron chi connectivity index (χ0n) is 20.8. The standard InChI is InChI=1S/C28H26ClF3N4O2/c1-17-14-18(6-7-21(17)26(37)35-27(2)8-9-27)23-22(38-20-5-3-4-19(29)15-20)16-36-13-12-34-25(36)24(23)33-11-10-28(30,31)32/h3-7,12-16,33H,8-11H2,1-2H3,(H,35,37). The van der Waals surface area contributed by atoms with Crippen molar-refractivity contribution in [1.82, 2.24) is 14.7 Å². The molecular weight excluding hydrogens is 517 g/mol. The van der Waals surface area contributed by atoms with Gasteiger partial charge in [-0.1, -0.05) is 29.8 Å². The number of nitrogens with zero attached hydrogens (tertiary/aromatic N) is 2. The molecule has 1 amide bonds. The van der Waals surface area contributed by atoms with Crippen LogP contribution in [0.4, 0.5) is 18.9 Å². The highest BCUT2D eigenvalue weighted by molar-refractivity contribution is 6.30. The molecule has 1 saturated carbocycles. The zero-order valence-corrected chi connectivity index (χ0v) is 21.6. The van der Waals surface area contributed by atoms with Crippen molar-refractivity contribution in [3.8, 4) is 22.6 Å². The fourth-order valence-corrected chi connectivity index (χ4v) is 4.46. The summed E-state index contributed by atoms with van der Waals surface area (Å²) in [4.78, 5) is 17.2. The number of rotatable bonds is 8. The van der Waals surface area contributed by atoms with Gasteiger partial charge in [-0.15, -0.1) is 0 Å². The summed E-state index contributed by atoms with van der Waals surface area (Å²) in [5.74, 6) is 0.691. The summed E-state index contributed by atoms with van der Waals surface area (Å²) < 4.78 is 46.9. The van der Waals surface area contributed by atoms with Crippen LogP contribution in [0, 0.1) is 6.92 Å². The second kappa shape index (κ2) is 9.87. The first-order valence-electron chi connectivity index (χ1n) is 12.2. The SMILES string of the molecule is Cc1cc(-c2c(Oc3cccc(Cl)c3)cn3ccnc3c2NCCC(F)(F)F)ccc1C(=O)NC1(C)CC1. The van der Waals surface area contributed by atoms with Gasteiger partial charge in [0.1, 0.15) is 5.75 Å². The Morgan fingerprint density at radius 3 is 2.68 bits per heavy atom. The maximum Gasteiger partial charge on any atom is 0.390 e. The number of carbonyl (C=O) groups excluding carboxylic acids is 1. The maximum absolute atomic E-state index is 13.0. The van der Waals surface area contributed by atoms with Crippen molar-refractivity contribution in [2.45, 2.75) is 44.8 Å². The van der Waals surface area contributed by atoms with Crippen LogP contribution in [0.2, 0.25) is 5.02 Å². The van der Waals surface area contributed by atoms with Gasteiger partial charge in [-0.3, -0.25) is 4.79 Å². The van der Waals surface area contributed by atoms with E-state index < -0.39 is 12.6 Å². The molecule has 0 unspecified atom stereocenters. The van der Waals surface area contributed by atoms with Gasteiger partial charge < -0.3 is 19.8 Å². The van der Waals surface area contributed by atoms with Crippen LogP contribution in [0.3, 0.4) is 0 Å². The van der Waals surface area contributed by atoms with Gasteiger partial charge in [0.05, 0.1) is 23.9 Å². The summed E-state index contributed by atoms with van der Waals surface area (Å²) in [7, 11) is 0. The Kier molecular flexibility index (Phi) is 6.73. The zero-order chi connectivity index (χ0) is 27.1. The second-order valence-corrected chi connectivity index (χ2v) is 10.2. The third-order valence-corrected chi connectivity index (χ3v) is 6.79. The molecule has 1 fully saturated rings. The number of hydrogen-bond donors (Lipinski definition) is 2. The highest BCUT2D eigenvalue weighted by atomic mass is 35.5. The minimum atomic E-state index is -4.32. The third kappa shape index (κ3) is 5.72. The van der Waals surface area contributed by atoms with Crippen LogP contribution in [-0.2, 0) is 0 Å². The number of benzene rings is 2. The molecule has 2 N–H and O–H groups in total. The fourth-order valence-electron chi connectivity index (χ4n) is 4.28. The summed E-state index contributed by atoms with van der Waals surface area (Å²) in [6, 6.07) is 12.2. The molecule has 2 aromatic heterocycles. The lowest BCUT2D eigenvalue weighted by molar-refractivity contribution is -0.131. The predicted molar refractivity (Wildman–Crippen MR) is 141 cm³/mol. The molecule has 0 atom stereocenters. The van der Waals surface area contributed by atoms with Gasteiger partial charge in [0.25, 0.3) is 5.91 Å². The summed E-state index contributed by atoms with van der Waals surface area (Å²) in [5, 5.41) is 6.48. The number of pyridine rings is 1. The number of amides is 1. The number of ether oxygens (including phenoxy) is 1. The number of carbonyl (C=O) groups is 1. The number of aryl methyl sites for hydroxylation is 1. The number of aromatic nitrogens is 2. The van der Waals surface area contributed by atoms with Crippen LogP contribution in [0.15, 0.2) is 61.1 Å². The average Bonchev–Trinajstić information content (AvgIpc) is 3.36. The molecule has 5 rings (SSSR count). The van der Waals surface area contributed by atoms with Crippen molar-refractivity contribution in [2.75, 3.05) is 11.9 Å². The smallest absolute Gasteiger partial charge is 0.390 e. The largest absolute Gasteiger partial charge is 0.455 e. The van der Waals surface area contributed by atoms with Crippen molar-refractivity contribution in [1.29, 1.82) is 0 Å². The lowest BCUT2D eigenvalue weighted by Gasteiger charge is -2.20. The van der Waals surface area contributed by atoms with E-state index in [9.17, 15) is 18.0 Å². The third-order valence-electron chi connectivity index (χ3n) is 6.55. The molecule has 38 heavy (non-hydrogen) atoms. The highest BCUT2D eigenvalue weighted by Crippen LogP contribution is 2.42. The van der Waals surface area contributed by atoms with Gasteiger partial charge in [-0.25, -0.2) is 4.98 Å². The first kappa shape index (κ1) is 25.9. The summed E-state index contributed by atoms with van der Waals surface area (Å²) >= 11 is 6.15. The fraction of sp³-hybridized carbons (Fsp3) is 0.286. The number of fused-ring (bicyclic) bond motifs is 1. The van der Waals surface area contributed by atoms with E-state index in [-0.39, 0.29) is 18.0 Å². The number of imidazole rings is 1. The maximum atomic E-state index is 13.0. The lowest BCUT2D eigenvalue weighted by Crippen LogP contribution is -2.34. The molecule has 1 aliphatic rings. The summed E-state index contributed by atoms with van der Waals surface area (Å²) in [5.41, 5.74) is 3.11.